The van der Waals surface area contributed by atoms with Crippen molar-refractivity contribution < 1.29 is 24.9 Å². The smallest absolute Gasteiger partial charge is 0.309 e. The van der Waals surface area contributed by atoms with Gasteiger partial charge < -0.3 is 15.3 Å². The highest BCUT2D eigenvalue weighted by atomic mass is 16.4. The molecule has 55 heavy (non-hydrogen) atoms. The summed E-state index contributed by atoms with van der Waals surface area (Å²) in [5.74, 6) is -1.05. The summed E-state index contributed by atoms with van der Waals surface area (Å²) < 4.78 is 0. The Hall–Kier alpha value is -1.10. The molecule has 0 aliphatic rings. The number of carboxylic acids is 2. The second kappa shape index (κ2) is 42.5. The van der Waals surface area contributed by atoms with Crippen molar-refractivity contribution in [3.8, 4) is 0 Å². The number of hydrogen-bond donors (Lipinski definition) is 3. The SMILES string of the molecule is CC(C)(C)C(=O)O.CCCCCCCCCCCC(O)CCCCCCCC.CCCCCCCCCCCCC(CCCCCCCC)C(C)(C)C(=O)O. The molecule has 0 aromatic rings. The lowest BCUT2D eigenvalue weighted by atomic mass is 9.73. The lowest BCUT2D eigenvalue weighted by Gasteiger charge is -2.30. The van der Waals surface area contributed by atoms with Crippen LogP contribution in [0.4, 0.5) is 0 Å². The molecular formula is C50H102O5. The van der Waals surface area contributed by atoms with Crippen LogP contribution in [0.15, 0.2) is 0 Å². The largest absolute Gasteiger partial charge is 0.481 e. The zero-order chi connectivity index (χ0) is 42.1. The first-order chi connectivity index (χ1) is 26.2. The molecule has 5 heteroatoms. The van der Waals surface area contributed by atoms with Gasteiger partial charge >= 0.3 is 11.9 Å². The summed E-state index contributed by atoms with van der Waals surface area (Å²) >= 11 is 0. The Morgan fingerprint density at radius 2 is 0.564 bits per heavy atom. The molecule has 332 valence electrons. The zero-order valence-electron chi connectivity index (χ0n) is 39.1. The number of hydrogen-bond acceptors (Lipinski definition) is 3. The first-order valence-corrected chi connectivity index (χ1v) is 24.4. The van der Waals surface area contributed by atoms with E-state index in [0.29, 0.717) is 5.92 Å². The Balaban J connectivity index is -0.000000854. The molecule has 0 aromatic carbocycles. The number of unbranched alkanes of at least 4 members (excludes halogenated alkanes) is 27. The third-order valence-electron chi connectivity index (χ3n) is 11.6. The van der Waals surface area contributed by atoms with E-state index in [1.807, 2.05) is 13.8 Å². The summed E-state index contributed by atoms with van der Waals surface area (Å²) in [6.07, 6.45) is 45.7. The Bertz CT molecular complexity index is 786. The quantitative estimate of drug-likeness (QED) is 0.0546. The van der Waals surface area contributed by atoms with Crippen LogP contribution in [0.1, 0.15) is 287 Å². The van der Waals surface area contributed by atoms with Crippen LogP contribution in [-0.4, -0.2) is 33.4 Å². The first kappa shape index (κ1) is 58.2. The average Bonchev–Trinajstić information content (AvgIpc) is 3.13. The fourth-order valence-electron chi connectivity index (χ4n) is 7.09. The summed E-state index contributed by atoms with van der Waals surface area (Å²) in [6.45, 7) is 17.9. The summed E-state index contributed by atoms with van der Waals surface area (Å²) in [4.78, 5) is 21.7. The molecule has 0 aromatic heterocycles. The molecule has 0 aliphatic carbocycles. The van der Waals surface area contributed by atoms with E-state index in [9.17, 15) is 19.8 Å². The molecule has 0 aliphatic heterocycles. The second-order valence-corrected chi connectivity index (χ2v) is 18.6. The number of rotatable bonds is 37. The van der Waals surface area contributed by atoms with Gasteiger partial charge in [0.15, 0.2) is 0 Å². The summed E-state index contributed by atoms with van der Waals surface area (Å²) in [7, 11) is 0. The standard InChI is InChI=1S/C25H50O2.C20H42O.C5H10O2/c1-5-7-9-11-13-14-15-16-18-20-22-23(25(3,4)24(26)27)21-19-17-12-10-8-6-2;1-3-5-7-9-11-12-13-15-17-19-20(21)18-16-14-10-8-6-4-2;1-5(2,3)4(6)7/h23H,5-22H2,1-4H3,(H,26,27);20-21H,3-19H2,1-2H3;1-3H3,(H,6,7). The molecule has 0 radical (unpaired) electrons. The molecule has 0 saturated carbocycles. The Kier molecular flexibility index (Phi) is 45.0. The van der Waals surface area contributed by atoms with Crippen molar-refractivity contribution in [1.29, 1.82) is 0 Å². The van der Waals surface area contributed by atoms with Crippen LogP contribution in [0, 0.1) is 16.7 Å². The number of carboxylic acid groups (broad SMARTS) is 2. The van der Waals surface area contributed by atoms with Crippen molar-refractivity contribution in [1.82, 2.24) is 0 Å². The van der Waals surface area contributed by atoms with E-state index in [2.05, 4.69) is 27.7 Å². The highest BCUT2D eigenvalue weighted by Crippen LogP contribution is 2.35. The molecule has 5 nitrogen and oxygen atoms in total. The van der Waals surface area contributed by atoms with Crippen molar-refractivity contribution in [2.45, 2.75) is 293 Å². The molecule has 0 amide bonds. The van der Waals surface area contributed by atoms with E-state index in [0.717, 1.165) is 25.7 Å². The van der Waals surface area contributed by atoms with Gasteiger partial charge in [-0.2, -0.15) is 0 Å². The Morgan fingerprint density at radius 1 is 0.364 bits per heavy atom. The van der Waals surface area contributed by atoms with Crippen LogP contribution in [0.3, 0.4) is 0 Å². The van der Waals surface area contributed by atoms with Gasteiger partial charge in [-0.15, -0.1) is 0 Å². The Morgan fingerprint density at radius 3 is 0.764 bits per heavy atom. The summed E-state index contributed by atoms with van der Waals surface area (Å²) in [5.41, 5.74) is -1.16. The van der Waals surface area contributed by atoms with Gasteiger partial charge in [-0.3, -0.25) is 9.59 Å². The lowest BCUT2D eigenvalue weighted by Crippen LogP contribution is -2.33. The first-order valence-electron chi connectivity index (χ1n) is 24.4. The van der Waals surface area contributed by atoms with E-state index in [-0.39, 0.29) is 6.10 Å². The second-order valence-electron chi connectivity index (χ2n) is 18.6. The average molecular weight is 783 g/mol. The molecule has 0 rings (SSSR count). The van der Waals surface area contributed by atoms with Gasteiger partial charge in [-0.1, -0.05) is 227 Å². The van der Waals surface area contributed by atoms with E-state index in [1.54, 1.807) is 20.8 Å². The van der Waals surface area contributed by atoms with Crippen LogP contribution < -0.4 is 0 Å². The number of aliphatic carboxylic acids is 2. The third-order valence-corrected chi connectivity index (χ3v) is 11.6. The van der Waals surface area contributed by atoms with E-state index in [1.165, 1.54) is 199 Å². The topological polar surface area (TPSA) is 94.8 Å². The molecule has 2 atom stereocenters. The van der Waals surface area contributed by atoms with Crippen molar-refractivity contribution in [2.75, 3.05) is 0 Å². The van der Waals surface area contributed by atoms with Gasteiger partial charge in [-0.25, -0.2) is 0 Å². The van der Waals surface area contributed by atoms with E-state index < -0.39 is 22.8 Å². The van der Waals surface area contributed by atoms with Gasteiger partial charge in [0.2, 0.25) is 0 Å². The van der Waals surface area contributed by atoms with Crippen LogP contribution in [-0.2, 0) is 9.59 Å². The van der Waals surface area contributed by atoms with Crippen molar-refractivity contribution in [3.63, 3.8) is 0 Å². The van der Waals surface area contributed by atoms with Gasteiger partial charge in [0, 0.05) is 0 Å². The summed E-state index contributed by atoms with van der Waals surface area (Å²) in [5, 5.41) is 27.8. The molecule has 0 bridgehead atoms. The maximum absolute atomic E-state index is 11.7. The van der Waals surface area contributed by atoms with Crippen LogP contribution in [0.25, 0.3) is 0 Å². The highest BCUT2D eigenvalue weighted by molar-refractivity contribution is 5.74. The lowest BCUT2D eigenvalue weighted by molar-refractivity contribution is -0.150. The monoisotopic (exact) mass is 783 g/mol. The molecule has 0 saturated heterocycles. The number of aliphatic hydroxyl groups is 1. The van der Waals surface area contributed by atoms with Crippen molar-refractivity contribution in [3.05, 3.63) is 0 Å². The molecule has 0 heterocycles. The number of carbonyl (C=O) groups is 2. The van der Waals surface area contributed by atoms with Crippen molar-refractivity contribution >= 4 is 11.9 Å². The molecule has 2 unspecified atom stereocenters. The third kappa shape index (κ3) is 43.9. The normalized spacial score (nSPS) is 12.7. The highest BCUT2D eigenvalue weighted by Gasteiger charge is 2.35. The maximum Gasteiger partial charge on any atom is 0.309 e. The van der Waals surface area contributed by atoms with Crippen LogP contribution in [0.5, 0.6) is 0 Å². The predicted molar refractivity (Wildman–Crippen MR) is 242 cm³/mol. The molecule has 0 fully saturated rings. The number of aliphatic hydroxyl groups excluding tert-OH is 1. The van der Waals surface area contributed by atoms with Crippen molar-refractivity contribution in [2.24, 2.45) is 16.7 Å². The van der Waals surface area contributed by atoms with E-state index in [4.69, 9.17) is 5.11 Å². The molecule has 0 spiro atoms. The minimum absolute atomic E-state index is 0.0271. The predicted octanol–water partition coefficient (Wildman–Crippen LogP) is 16.9. The molecule has 3 N–H and O–H groups in total. The van der Waals surface area contributed by atoms with Gasteiger partial charge in [0.05, 0.1) is 16.9 Å². The maximum atomic E-state index is 11.7. The fraction of sp³-hybridized carbons (Fsp3) is 0.960. The van der Waals surface area contributed by atoms with Gasteiger partial charge in [0.1, 0.15) is 0 Å². The summed E-state index contributed by atoms with van der Waals surface area (Å²) in [6, 6.07) is 0. The molecular weight excluding hydrogens is 681 g/mol. The van der Waals surface area contributed by atoms with Crippen LogP contribution in [0.2, 0.25) is 0 Å². The van der Waals surface area contributed by atoms with Gasteiger partial charge in [-0.05, 0) is 66.2 Å². The van der Waals surface area contributed by atoms with Crippen LogP contribution >= 0.6 is 0 Å². The van der Waals surface area contributed by atoms with Gasteiger partial charge in [0.25, 0.3) is 0 Å². The fourth-order valence-corrected chi connectivity index (χ4v) is 7.09. The van der Waals surface area contributed by atoms with E-state index >= 15 is 0 Å². The minimum Gasteiger partial charge on any atom is -0.481 e. The minimum atomic E-state index is -0.757. The Labute approximate surface area is 345 Å². The zero-order valence-corrected chi connectivity index (χ0v) is 39.1.